The largest absolute Gasteiger partial charge is 0.495 e. The smallest absolute Gasteiger partial charge is 0.145 e. The molecule has 13 heavy (non-hydrogen) atoms. The minimum absolute atomic E-state index is 0.577. The highest BCUT2D eigenvalue weighted by molar-refractivity contribution is 14.1. The molecule has 0 aliphatic heterocycles. The lowest BCUT2D eigenvalue weighted by Gasteiger charge is -2.11. The summed E-state index contributed by atoms with van der Waals surface area (Å²) in [6.45, 7) is 4.40. The monoisotopic (exact) mass is 402 g/mol. The third-order valence-corrected chi connectivity index (χ3v) is 3.49. The third-order valence-electron chi connectivity index (χ3n) is 1.89. The summed E-state index contributed by atoms with van der Waals surface area (Å²) in [4.78, 5) is 0. The van der Waals surface area contributed by atoms with E-state index in [1.807, 2.05) is 0 Å². The van der Waals surface area contributed by atoms with Crippen LogP contribution in [0.2, 0.25) is 0 Å². The minimum atomic E-state index is 0.577. The molecule has 0 radical (unpaired) electrons. The maximum Gasteiger partial charge on any atom is 0.145 e. The Morgan fingerprint density at radius 1 is 1.15 bits per heavy atom. The molecule has 0 bridgehead atoms. The lowest BCUT2D eigenvalue weighted by molar-refractivity contribution is 0.408. The molecule has 1 aromatic carbocycles. The van der Waals surface area contributed by atoms with Crippen molar-refractivity contribution in [2.24, 2.45) is 0 Å². The quantitative estimate of drug-likeness (QED) is 0.680. The van der Waals surface area contributed by atoms with E-state index in [4.69, 9.17) is 4.74 Å². The predicted octanol–water partition coefficient (Wildman–Crippen LogP) is 4.03. The van der Waals surface area contributed by atoms with Gasteiger partial charge in [-0.2, -0.15) is 0 Å². The minimum Gasteiger partial charge on any atom is -0.495 e. The number of hydrogen-bond acceptors (Lipinski definition) is 1. The molecule has 1 aromatic rings. The van der Waals surface area contributed by atoms with Crippen LogP contribution in [0.3, 0.4) is 0 Å². The van der Waals surface area contributed by atoms with E-state index >= 15 is 0 Å². The summed E-state index contributed by atoms with van der Waals surface area (Å²) in [5.74, 6) is 1.57. The summed E-state index contributed by atoms with van der Waals surface area (Å²) < 4.78 is 7.68. The number of halogens is 2. The lowest BCUT2D eigenvalue weighted by Crippen LogP contribution is -1.95. The molecule has 0 unspecified atom stereocenters. The molecule has 0 amide bonds. The molecule has 0 heterocycles. The van der Waals surface area contributed by atoms with E-state index in [1.54, 1.807) is 7.11 Å². The van der Waals surface area contributed by atoms with Crippen LogP contribution < -0.4 is 4.74 Å². The van der Waals surface area contributed by atoms with Crippen LogP contribution in [0.15, 0.2) is 12.1 Å². The van der Waals surface area contributed by atoms with Gasteiger partial charge in [-0.05, 0) is 68.8 Å². The SMILES string of the molecule is COc1c(I)cc(C(C)C)cc1I. The number of benzene rings is 1. The van der Waals surface area contributed by atoms with Gasteiger partial charge in [-0.25, -0.2) is 0 Å². The molecule has 0 aliphatic carbocycles. The molecule has 0 N–H and O–H groups in total. The number of hydrogen-bond donors (Lipinski definition) is 0. The summed E-state index contributed by atoms with van der Waals surface area (Å²) in [6, 6.07) is 4.37. The summed E-state index contributed by atoms with van der Waals surface area (Å²) >= 11 is 4.63. The van der Waals surface area contributed by atoms with Crippen LogP contribution in [0.4, 0.5) is 0 Å². The lowest BCUT2D eigenvalue weighted by atomic mass is 10.0. The molecule has 0 spiro atoms. The third kappa shape index (κ3) is 2.71. The van der Waals surface area contributed by atoms with E-state index in [0.717, 1.165) is 5.75 Å². The summed E-state index contributed by atoms with van der Waals surface area (Å²) in [5.41, 5.74) is 1.37. The van der Waals surface area contributed by atoms with Crippen LogP contribution in [-0.4, -0.2) is 7.11 Å². The van der Waals surface area contributed by atoms with E-state index < -0.39 is 0 Å². The van der Waals surface area contributed by atoms with Gasteiger partial charge in [-0.3, -0.25) is 0 Å². The Morgan fingerprint density at radius 2 is 1.62 bits per heavy atom. The van der Waals surface area contributed by atoms with Gasteiger partial charge in [-0.15, -0.1) is 0 Å². The topological polar surface area (TPSA) is 9.23 Å². The van der Waals surface area contributed by atoms with Gasteiger partial charge in [-0.1, -0.05) is 13.8 Å². The van der Waals surface area contributed by atoms with Crippen molar-refractivity contribution in [1.29, 1.82) is 0 Å². The van der Waals surface area contributed by atoms with Gasteiger partial charge < -0.3 is 4.74 Å². The second-order valence-electron chi connectivity index (χ2n) is 3.17. The zero-order chi connectivity index (χ0) is 10.0. The number of methoxy groups -OCH3 is 1. The summed E-state index contributed by atoms with van der Waals surface area (Å²) in [6.07, 6.45) is 0. The van der Waals surface area contributed by atoms with Gasteiger partial charge in [0.2, 0.25) is 0 Å². The second-order valence-corrected chi connectivity index (χ2v) is 5.50. The van der Waals surface area contributed by atoms with Gasteiger partial charge in [0.25, 0.3) is 0 Å². The Kier molecular flexibility index (Phi) is 4.28. The fourth-order valence-electron chi connectivity index (χ4n) is 1.11. The van der Waals surface area contributed by atoms with E-state index in [0.29, 0.717) is 5.92 Å². The van der Waals surface area contributed by atoms with Crippen molar-refractivity contribution >= 4 is 45.2 Å². The molecule has 1 nitrogen and oxygen atoms in total. The van der Waals surface area contributed by atoms with E-state index in [2.05, 4.69) is 71.2 Å². The molecule has 0 aliphatic rings. The van der Waals surface area contributed by atoms with Crippen molar-refractivity contribution in [2.75, 3.05) is 7.11 Å². The Balaban J connectivity index is 3.20. The van der Waals surface area contributed by atoms with E-state index in [9.17, 15) is 0 Å². The molecule has 72 valence electrons. The molecule has 1 rings (SSSR count). The first-order valence-corrected chi connectivity index (χ1v) is 6.25. The molecular formula is C10H12I2O. The molecule has 0 saturated carbocycles. The van der Waals surface area contributed by atoms with Crippen LogP contribution in [0.25, 0.3) is 0 Å². The van der Waals surface area contributed by atoms with E-state index in [1.165, 1.54) is 12.7 Å². The Hall–Kier alpha value is 0.480. The maximum atomic E-state index is 5.30. The van der Waals surface area contributed by atoms with Gasteiger partial charge in [0.1, 0.15) is 5.75 Å². The van der Waals surface area contributed by atoms with Crippen LogP contribution in [0.5, 0.6) is 5.75 Å². The highest BCUT2D eigenvalue weighted by Crippen LogP contribution is 2.30. The zero-order valence-electron chi connectivity index (χ0n) is 7.90. The summed E-state index contributed by atoms with van der Waals surface area (Å²) in [5, 5.41) is 0. The molecule has 0 fully saturated rings. The highest BCUT2D eigenvalue weighted by atomic mass is 127. The van der Waals surface area contributed by atoms with Crippen molar-refractivity contribution in [1.82, 2.24) is 0 Å². The molecular weight excluding hydrogens is 390 g/mol. The average molecular weight is 402 g/mol. The van der Waals surface area contributed by atoms with Crippen molar-refractivity contribution in [3.05, 3.63) is 24.8 Å². The van der Waals surface area contributed by atoms with Crippen LogP contribution in [-0.2, 0) is 0 Å². The normalized spacial score (nSPS) is 10.6. The average Bonchev–Trinajstić information content (AvgIpc) is 2.03. The van der Waals surface area contributed by atoms with Gasteiger partial charge in [0, 0.05) is 0 Å². The summed E-state index contributed by atoms with van der Waals surface area (Å²) in [7, 11) is 1.72. The van der Waals surface area contributed by atoms with Crippen molar-refractivity contribution in [2.45, 2.75) is 19.8 Å². The molecule has 0 aromatic heterocycles. The predicted molar refractivity (Wildman–Crippen MR) is 72.5 cm³/mol. The maximum absolute atomic E-state index is 5.30. The Morgan fingerprint density at radius 3 is 1.92 bits per heavy atom. The van der Waals surface area contributed by atoms with Gasteiger partial charge in [0.05, 0.1) is 14.3 Å². The first-order chi connectivity index (χ1) is 6.06. The number of rotatable bonds is 2. The van der Waals surface area contributed by atoms with Crippen LogP contribution >= 0.6 is 45.2 Å². The molecule has 3 heteroatoms. The highest BCUT2D eigenvalue weighted by Gasteiger charge is 2.09. The fourth-order valence-corrected chi connectivity index (χ4v) is 3.36. The van der Waals surface area contributed by atoms with Gasteiger partial charge >= 0.3 is 0 Å². The van der Waals surface area contributed by atoms with Crippen LogP contribution in [0, 0.1) is 7.14 Å². The zero-order valence-corrected chi connectivity index (χ0v) is 12.2. The Bertz CT molecular complexity index is 285. The second kappa shape index (κ2) is 4.82. The van der Waals surface area contributed by atoms with E-state index in [-0.39, 0.29) is 0 Å². The van der Waals surface area contributed by atoms with Crippen molar-refractivity contribution < 1.29 is 4.74 Å². The Labute approximate surface area is 107 Å². The number of ether oxygens (including phenoxy) is 1. The first kappa shape index (κ1) is 11.6. The van der Waals surface area contributed by atoms with Crippen molar-refractivity contribution in [3.63, 3.8) is 0 Å². The first-order valence-electron chi connectivity index (χ1n) is 4.09. The fraction of sp³-hybridized carbons (Fsp3) is 0.400. The molecule has 0 atom stereocenters. The van der Waals surface area contributed by atoms with Gasteiger partial charge in [0.15, 0.2) is 0 Å². The van der Waals surface area contributed by atoms with Crippen LogP contribution in [0.1, 0.15) is 25.3 Å². The standard InChI is InChI=1S/C10H12I2O/c1-6(2)7-4-8(11)10(13-3)9(12)5-7/h4-6H,1-3H3. The van der Waals surface area contributed by atoms with Crippen molar-refractivity contribution in [3.8, 4) is 5.75 Å². The molecule has 0 saturated heterocycles.